The standard InChI is InChI=1S/C11H11N3O/c1-7-6-10(11(12)15)14-13-9-5-3-2-4-8(7)9/h2-6,13H,1H3,(H2,12,15). The Morgan fingerprint density at radius 3 is 2.87 bits per heavy atom. The molecule has 4 nitrogen and oxygen atoms in total. The second kappa shape index (κ2) is 3.57. The molecule has 15 heavy (non-hydrogen) atoms. The van der Waals surface area contributed by atoms with Gasteiger partial charge in [0.1, 0.15) is 5.71 Å². The molecule has 4 heteroatoms. The zero-order chi connectivity index (χ0) is 10.8. The third-order valence-corrected chi connectivity index (χ3v) is 2.25. The number of carbonyl (C=O) groups excluding carboxylic acids is 1. The van der Waals surface area contributed by atoms with Crippen molar-refractivity contribution in [3.05, 3.63) is 35.9 Å². The molecule has 1 aromatic rings. The molecule has 76 valence electrons. The van der Waals surface area contributed by atoms with Crippen LogP contribution in [0.3, 0.4) is 0 Å². The fourth-order valence-corrected chi connectivity index (χ4v) is 1.49. The predicted molar refractivity (Wildman–Crippen MR) is 60.3 cm³/mol. The highest BCUT2D eigenvalue weighted by molar-refractivity contribution is 6.44. The Balaban J connectivity index is 2.52. The van der Waals surface area contributed by atoms with Crippen molar-refractivity contribution in [2.75, 3.05) is 5.43 Å². The third kappa shape index (κ3) is 1.74. The van der Waals surface area contributed by atoms with Crippen molar-refractivity contribution in [3.8, 4) is 0 Å². The van der Waals surface area contributed by atoms with Crippen molar-refractivity contribution >= 4 is 22.9 Å². The number of rotatable bonds is 1. The van der Waals surface area contributed by atoms with Crippen LogP contribution in [0.15, 0.2) is 35.4 Å². The maximum absolute atomic E-state index is 11.0. The Morgan fingerprint density at radius 1 is 1.40 bits per heavy atom. The summed E-state index contributed by atoms with van der Waals surface area (Å²) in [6.07, 6.45) is 1.68. The molecule has 1 aliphatic rings. The van der Waals surface area contributed by atoms with E-state index in [4.69, 9.17) is 5.73 Å². The fourth-order valence-electron chi connectivity index (χ4n) is 1.49. The second-order valence-electron chi connectivity index (χ2n) is 3.35. The first-order valence-electron chi connectivity index (χ1n) is 4.59. The van der Waals surface area contributed by atoms with Gasteiger partial charge in [-0.05, 0) is 24.6 Å². The molecule has 3 N–H and O–H groups in total. The zero-order valence-corrected chi connectivity index (χ0v) is 8.32. The molecule has 1 heterocycles. The number of nitrogens with two attached hydrogens (primary N) is 1. The number of hydrogen-bond acceptors (Lipinski definition) is 3. The monoisotopic (exact) mass is 201 g/mol. The summed E-state index contributed by atoms with van der Waals surface area (Å²) in [6.45, 7) is 1.92. The highest BCUT2D eigenvalue weighted by Crippen LogP contribution is 2.25. The number of benzene rings is 1. The summed E-state index contributed by atoms with van der Waals surface area (Å²) in [6, 6.07) is 7.71. The van der Waals surface area contributed by atoms with Crippen molar-refractivity contribution in [1.29, 1.82) is 0 Å². The van der Waals surface area contributed by atoms with Gasteiger partial charge in [0.25, 0.3) is 5.91 Å². The molecular formula is C11H11N3O. The van der Waals surface area contributed by atoms with E-state index in [0.717, 1.165) is 16.8 Å². The van der Waals surface area contributed by atoms with Crippen molar-refractivity contribution in [1.82, 2.24) is 0 Å². The van der Waals surface area contributed by atoms with Gasteiger partial charge in [0.05, 0.1) is 5.69 Å². The van der Waals surface area contributed by atoms with Crippen LogP contribution in [-0.2, 0) is 4.79 Å². The van der Waals surface area contributed by atoms with Gasteiger partial charge in [-0.1, -0.05) is 18.2 Å². The summed E-state index contributed by atoms with van der Waals surface area (Å²) in [4.78, 5) is 11.0. The lowest BCUT2D eigenvalue weighted by molar-refractivity contribution is -0.111. The van der Waals surface area contributed by atoms with E-state index in [1.165, 1.54) is 0 Å². The van der Waals surface area contributed by atoms with Crippen LogP contribution >= 0.6 is 0 Å². The first-order valence-corrected chi connectivity index (χ1v) is 4.59. The molecule has 0 unspecified atom stereocenters. The van der Waals surface area contributed by atoms with Crippen LogP contribution < -0.4 is 11.2 Å². The molecule has 0 spiro atoms. The maximum Gasteiger partial charge on any atom is 0.269 e. The van der Waals surface area contributed by atoms with E-state index in [1.807, 2.05) is 31.2 Å². The van der Waals surface area contributed by atoms with Gasteiger partial charge in [-0.3, -0.25) is 10.2 Å². The van der Waals surface area contributed by atoms with Crippen LogP contribution in [0.4, 0.5) is 5.69 Å². The summed E-state index contributed by atoms with van der Waals surface area (Å²) < 4.78 is 0. The number of hydrogen-bond donors (Lipinski definition) is 2. The van der Waals surface area contributed by atoms with E-state index >= 15 is 0 Å². The molecule has 1 aliphatic heterocycles. The van der Waals surface area contributed by atoms with Gasteiger partial charge in [-0.15, -0.1) is 0 Å². The maximum atomic E-state index is 11.0. The lowest BCUT2D eigenvalue weighted by Gasteiger charge is -2.05. The molecule has 1 amide bonds. The second-order valence-corrected chi connectivity index (χ2v) is 3.35. The van der Waals surface area contributed by atoms with Crippen molar-refractivity contribution < 1.29 is 4.79 Å². The molecule has 0 aromatic heterocycles. The summed E-state index contributed by atoms with van der Waals surface area (Å²) >= 11 is 0. The number of nitrogens with one attached hydrogen (secondary N) is 1. The number of hydrazone groups is 1. The third-order valence-electron chi connectivity index (χ3n) is 2.25. The molecule has 0 radical (unpaired) electrons. The van der Waals surface area contributed by atoms with Gasteiger partial charge in [-0.25, -0.2) is 0 Å². The Hall–Kier alpha value is -2.10. The van der Waals surface area contributed by atoms with Crippen LogP contribution in [0.1, 0.15) is 12.5 Å². The lowest BCUT2D eigenvalue weighted by Crippen LogP contribution is -2.22. The van der Waals surface area contributed by atoms with E-state index in [2.05, 4.69) is 10.5 Å². The van der Waals surface area contributed by atoms with Crippen molar-refractivity contribution in [3.63, 3.8) is 0 Å². The lowest BCUT2D eigenvalue weighted by atomic mass is 10.0. The minimum Gasteiger partial charge on any atom is -0.364 e. The number of primary amides is 1. The molecule has 0 saturated heterocycles. The zero-order valence-electron chi connectivity index (χ0n) is 8.32. The first kappa shape index (κ1) is 9.45. The molecule has 2 rings (SSSR count). The Kier molecular flexibility index (Phi) is 2.25. The number of amides is 1. The highest BCUT2D eigenvalue weighted by atomic mass is 16.1. The van der Waals surface area contributed by atoms with E-state index < -0.39 is 5.91 Å². The number of carbonyl (C=O) groups is 1. The molecule has 0 fully saturated rings. The average Bonchev–Trinajstić information content (AvgIpc) is 2.39. The number of para-hydroxylation sites is 1. The predicted octanol–water partition coefficient (Wildman–Crippen LogP) is 1.36. The average molecular weight is 201 g/mol. The van der Waals surface area contributed by atoms with Crippen molar-refractivity contribution in [2.45, 2.75) is 6.92 Å². The van der Waals surface area contributed by atoms with Gasteiger partial charge in [-0.2, -0.15) is 5.10 Å². The van der Waals surface area contributed by atoms with Gasteiger partial charge in [0, 0.05) is 5.56 Å². The summed E-state index contributed by atoms with van der Waals surface area (Å²) in [7, 11) is 0. The molecule has 1 aromatic carbocycles. The SMILES string of the molecule is CC1=CC(C(N)=O)=NNc2ccccc21. The van der Waals surface area contributed by atoms with Gasteiger partial charge in [0.2, 0.25) is 0 Å². The smallest absolute Gasteiger partial charge is 0.269 e. The minimum atomic E-state index is -0.533. The van der Waals surface area contributed by atoms with E-state index in [9.17, 15) is 4.79 Å². The summed E-state index contributed by atoms with van der Waals surface area (Å²) in [5, 5.41) is 3.93. The molecule has 0 saturated carbocycles. The van der Waals surface area contributed by atoms with Gasteiger partial charge < -0.3 is 5.73 Å². The Labute approximate surface area is 87.5 Å². The van der Waals surface area contributed by atoms with Crippen LogP contribution in [0, 0.1) is 0 Å². The molecule has 0 atom stereocenters. The largest absolute Gasteiger partial charge is 0.364 e. The van der Waals surface area contributed by atoms with E-state index in [1.54, 1.807) is 6.08 Å². The van der Waals surface area contributed by atoms with Gasteiger partial charge >= 0.3 is 0 Å². The topological polar surface area (TPSA) is 67.5 Å². The summed E-state index contributed by atoms with van der Waals surface area (Å²) in [5.74, 6) is -0.533. The van der Waals surface area contributed by atoms with Crippen molar-refractivity contribution in [2.24, 2.45) is 10.8 Å². The first-order chi connectivity index (χ1) is 7.18. The number of fused-ring (bicyclic) bond motifs is 1. The molecular weight excluding hydrogens is 190 g/mol. The summed E-state index contributed by atoms with van der Waals surface area (Å²) in [5.41, 5.74) is 11.1. The number of allylic oxidation sites excluding steroid dienone is 1. The van der Waals surface area contributed by atoms with Crippen LogP contribution in [0.5, 0.6) is 0 Å². The van der Waals surface area contributed by atoms with Gasteiger partial charge in [0.15, 0.2) is 0 Å². The Morgan fingerprint density at radius 2 is 2.13 bits per heavy atom. The van der Waals surface area contributed by atoms with E-state index in [-0.39, 0.29) is 5.71 Å². The highest BCUT2D eigenvalue weighted by Gasteiger charge is 2.11. The van der Waals surface area contributed by atoms with Crippen LogP contribution in [0.25, 0.3) is 5.57 Å². The molecule has 0 bridgehead atoms. The Bertz CT molecular complexity index is 474. The number of nitrogens with zero attached hydrogens (tertiary/aromatic N) is 1. The van der Waals surface area contributed by atoms with Crippen LogP contribution in [-0.4, -0.2) is 11.6 Å². The normalized spacial score (nSPS) is 14.2. The van der Waals surface area contributed by atoms with E-state index in [0.29, 0.717) is 0 Å². The molecule has 0 aliphatic carbocycles. The fraction of sp³-hybridized carbons (Fsp3) is 0.0909. The number of anilines is 1. The van der Waals surface area contributed by atoms with Crippen LogP contribution in [0.2, 0.25) is 0 Å². The quantitative estimate of drug-likeness (QED) is 0.720. The minimum absolute atomic E-state index is 0.240.